The van der Waals surface area contributed by atoms with E-state index in [9.17, 15) is 0 Å². The molecule has 3 nitrogen and oxygen atoms in total. The summed E-state index contributed by atoms with van der Waals surface area (Å²) in [6.07, 6.45) is 0. The first-order valence-electron chi connectivity index (χ1n) is 7.07. The normalized spacial score (nSPS) is 12.2. The number of rotatable bonds is 5. The van der Waals surface area contributed by atoms with Gasteiger partial charge in [0.05, 0.1) is 18.2 Å². The maximum absolute atomic E-state index is 6.12. The first-order chi connectivity index (χ1) is 10.1. The number of benzene rings is 1. The van der Waals surface area contributed by atoms with Crippen LogP contribution in [0.1, 0.15) is 35.5 Å². The molecule has 21 heavy (non-hydrogen) atoms. The molecule has 2 rings (SSSR count). The average molecular weight is 305 g/mol. The van der Waals surface area contributed by atoms with Gasteiger partial charge in [0.2, 0.25) is 0 Å². The molecule has 1 unspecified atom stereocenters. The maximum atomic E-state index is 6.12. The van der Waals surface area contributed by atoms with Gasteiger partial charge < -0.3 is 10.1 Å². The molecule has 0 aliphatic rings. The van der Waals surface area contributed by atoms with Crippen LogP contribution in [-0.4, -0.2) is 18.6 Å². The maximum Gasteiger partial charge on any atom is 0.137 e. The zero-order valence-electron chi connectivity index (χ0n) is 12.9. The third kappa shape index (κ3) is 3.55. The van der Waals surface area contributed by atoms with E-state index in [-0.39, 0.29) is 6.04 Å². The third-order valence-corrected chi connectivity index (χ3v) is 3.81. The molecule has 1 atom stereocenters. The van der Waals surface area contributed by atoms with Gasteiger partial charge in [-0.2, -0.15) is 0 Å². The van der Waals surface area contributed by atoms with E-state index >= 15 is 0 Å². The Bertz CT molecular complexity index is 628. The number of aromatic nitrogens is 1. The highest BCUT2D eigenvalue weighted by Gasteiger charge is 2.17. The Hall–Kier alpha value is -1.58. The Balaban J connectivity index is 2.47. The van der Waals surface area contributed by atoms with Gasteiger partial charge in [-0.1, -0.05) is 30.7 Å². The summed E-state index contributed by atoms with van der Waals surface area (Å²) in [6.45, 7) is 7.00. The van der Waals surface area contributed by atoms with Crippen LogP contribution in [0, 0.1) is 13.8 Å². The molecule has 0 amide bonds. The fraction of sp³-hybridized carbons (Fsp3) is 0.353. The molecule has 112 valence electrons. The topological polar surface area (TPSA) is 34.1 Å². The molecule has 0 saturated heterocycles. The van der Waals surface area contributed by atoms with Crippen molar-refractivity contribution in [1.29, 1.82) is 0 Å². The summed E-state index contributed by atoms with van der Waals surface area (Å²) in [5.74, 6) is 0.690. The van der Waals surface area contributed by atoms with E-state index in [1.54, 1.807) is 7.11 Å². The molecule has 2 aromatic rings. The van der Waals surface area contributed by atoms with Crippen LogP contribution in [0.5, 0.6) is 5.75 Å². The number of hydrogen-bond acceptors (Lipinski definition) is 3. The summed E-state index contributed by atoms with van der Waals surface area (Å²) in [4.78, 5) is 4.57. The Labute approximate surface area is 131 Å². The number of nitrogens with one attached hydrogen (secondary N) is 1. The Kier molecular flexibility index (Phi) is 5.21. The third-order valence-electron chi connectivity index (χ3n) is 3.49. The quantitative estimate of drug-likeness (QED) is 0.904. The monoisotopic (exact) mass is 304 g/mol. The van der Waals surface area contributed by atoms with E-state index in [1.165, 1.54) is 5.56 Å². The van der Waals surface area contributed by atoms with Crippen LogP contribution in [0.2, 0.25) is 5.02 Å². The van der Waals surface area contributed by atoms with Gasteiger partial charge in [-0.05, 0) is 49.7 Å². The Morgan fingerprint density at radius 3 is 2.62 bits per heavy atom. The number of ether oxygens (including phenoxy) is 1. The van der Waals surface area contributed by atoms with E-state index in [0.717, 1.165) is 23.5 Å². The highest BCUT2D eigenvalue weighted by Crippen LogP contribution is 2.31. The molecule has 0 aliphatic carbocycles. The van der Waals surface area contributed by atoms with Crippen molar-refractivity contribution in [2.24, 2.45) is 0 Å². The van der Waals surface area contributed by atoms with E-state index in [2.05, 4.69) is 23.3 Å². The molecule has 1 heterocycles. The number of methoxy groups -OCH3 is 1. The molecule has 1 N–H and O–H groups in total. The lowest BCUT2D eigenvalue weighted by atomic mass is 9.97. The summed E-state index contributed by atoms with van der Waals surface area (Å²) in [6, 6.07) is 10.1. The van der Waals surface area contributed by atoms with E-state index in [0.29, 0.717) is 10.8 Å². The standard InChI is InChI=1S/C17H21ClN2O/c1-5-19-17(14-8-6-11(2)20-12(14)3)13-7-9-15(18)16(10-13)21-4/h6-10,17,19H,5H2,1-4H3. The largest absolute Gasteiger partial charge is 0.495 e. The zero-order valence-corrected chi connectivity index (χ0v) is 13.7. The van der Waals surface area contributed by atoms with Gasteiger partial charge in [-0.3, -0.25) is 4.98 Å². The van der Waals surface area contributed by atoms with Crippen LogP contribution < -0.4 is 10.1 Å². The van der Waals surface area contributed by atoms with Crippen molar-refractivity contribution in [3.05, 3.63) is 57.9 Å². The fourth-order valence-corrected chi connectivity index (χ4v) is 2.66. The molecular formula is C17H21ClN2O. The number of aryl methyl sites for hydroxylation is 2. The molecule has 1 aromatic carbocycles. The lowest BCUT2D eigenvalue weighted by Crippen LogP contribution is -2.23. The Morgan fingerprint density at radius 1 is 1.24 bits per heavy atom. The molecule has 0 bridgehead atoms. The molecule has 0 spiro atoms. The second-order valence-electron chi connectivity index (χ2n) is 5.01. The predicted molar refractivity (Wildman–Crippen MR) is 87.2 cm³/mol. The molecule has 0 fully saturated rings. The molecule has 4 heteroatoms. The molecule has 0 saturated carbocycles. The lowest BCUT2D eigenvalue weighted by Gasteiger charge is -2.21. The summed E-state index contributed by atoms with van der Waals surface area (Å²) >= 11 is 6.12. The van der Waals surface area contributed by atoms with Crippen LogP contribution in [0.15, 0.2) is 30.3 Å². The minimum Gasteiger partial charge on any atom is -0.495 e. The van der Waals surface area contributed by atoms with Crippen LogP contribution in [0.4, 0.5) is 0 Å². The number of halogens is 1. The van der Waals surface area contributed by atoms with Gasteiger partial charge in [-0.25, -0.2) is 0 Å². The Morgan fingerprint density at radius 2 is 2.00 bits per heavy atom. The van der Waals surface area contributed by atoms with Gasteiger partial charge in [0.15, 0.2) is 0 Å². The van der Waals surface area contributed by atoms with Crippen LogP contribution in [0.3, 0.4) is 0 Å². The van der Waals surface area contributed by atoms with Crippen molar-refractivity contribution in [1.82, 2.24) is 10.3 Å². The minimum atomic E-state index is 0.0780. The molecule has 1 aromatic heterocycles. The van der Waals surface area contributed by atoms with Crippen molar-refractivity contribution >= 4 is 11.6 Å². The van der Waals surface area contributed by atoms with Crippen molar-refractivity contribution < 1.29 is 4.74 Å². The lowest BCUT2D eigenvalue weighted by molar-refractivity contribution is 0.414. The van der Waals surface area contributed by atoms with Crippen molar-refractivity contribution in [3.63, 3.8) is 0 Å². The average Bonchev–Trinajstić information content (AvgIpc) is 2.46. The highest BCUT2D eigenvalue weighted by molar-refractivity contribution is 6.32. The number of pyridine rings is 1. The van der Waals surface area contributed by atoms with Crippen molar-refractivity contribution in [2.75, 3.05) is 13.7 Å². The first kappa shape index (κ1) is 15.8. The van der Waals surface area contributed by atoms with Gasteiger partial charge >= 0.3 is 0 Å². The van der Waals surface area contributed by atoms with Crippen molar-refractivity contribution in [2.45, 2.75) is 26.8 Å². The molecule has 0 aliphatic heterocycles. The number of nitrogens with zero attached hydrogens (tertiary/aromatic N) is 1. The van der Waals surface area contributed by atoms with E-state index < -0.39 is 0 Å². The first-order valence-corrected chi connectivity index (χ1v) is 7.45. The second-order valence-corrected chi connectivity index (χ2v) is 5.42. The summed E-state index contributed by atoms with van der Waals surface area (Å²) in [5, 5.41) is 4.13. The van der Waals surface area contributed by atoms with Crippen LogP contribution in [0.25, 0.3) is 0 Å². The molecular weight excluding hydrogens is 284 g/mol. The number of hydrogen-bond donors (Lipinski definition) is 1. The smallest absolute Gasteiger partial charge is 0.137 e. The fourth-order valence-electron chi connectivity index (χ4n) is 2.47. The zero-order chi connectivity index (χ0) is 15.4. The highest BCUT2D eigenvalue weighted by atomic mass is 35.5. The minimum absolute atomic E-state index is 0.0780. The van der Waals surface area contributed by atoms with Gasteiger partial charge in [-0.15, -0.1) is 0 Å². The van der Waals surface area contributed by atoms with Crippen LogP contribution >= 0.6 is 11.6 Å². The van der Waals surface area contributed by atoms with Gasteiger partial charge in [0.25, 0.3) is 0 Å². The predicted octanol–water partition coefficient (Wildman–Crippen LogP) is 4.06. The second kappa shape index (κ2) is 6.92. The SMILES string of the molecule is CCNC(c1ccc(Cl)c(OC)c1)c1ccc(C)nc1C. The van der Waals surface area contributed by atoms with Gasteiger partial charge in [0, 0.05) is 11.4 Å². The molecule has 0 radical (unpaired) electrons. The van der Waals surface area contributed by atoms with E-state index in [4.69, 9.17) is 16.3 Å². The van der Waals surface area contributed by atoms with Crippen molar-refractivity contribution in [3.8, 4) is 5.75 Å². The van der Waals surface area contributed by atoms with E-state index in [1.807, 2.05) is 38.1 Å². The van der Waals surface area contributed by atoms with Crippen LogP contribution in [-0.2, 0) is 0 Å². The van der Waals surface area contributed by atoms with Gasteiger partial charge in [0.1, 0.15) is 5.75 Å². The summed E-state index contributed by atoms with van der Waals surface area (Å²) in [7, 11) is 1.63. The summed E-state index contributed by atoms with van der Waals surface area (Å²) in [5.41, 5.74) is 4.36. The summed E-state index contributed by atoms with van der Waals surface area (Å²) < 4.78 is 5.32.